The second-order valence-electron chi connectivity index (χ2n) is 14.8. The average Bonchev–Trinajstić information content (AvgIpc) is 3.20. The third-order valence-electron chi connectivity index (χ3n) is 12.3. The van der Waals surface area contributed by atoms with Gasteiger partial charge in [-0.15, -0.1) is 0 Å². The maximum absolute atomic E-state index is 6.27. The lowest BCUT2D eigenvalue weighted by atomic mass is 9.44. The lowest BCUT2D eigenvalue weighted by Crippen LogP contribution is -2.54. The lowest BCUT2D eigenvalue weighted by Gasteiger charge is -2.61. The van der Waals surface area contributed by atoms with Gasteiger partial charge >= 0.3 is 0 Å². The van der Waals surface area contributed by atoms with E-state index in [4.69, 9.17) is 20.9 Å². The third-order valence-corrected chi connectivity index (χ3v) is 12.3. The van der Waals surface area contributed by atoms with Crippen LogP contribution in [0.15, 0.2) is 18.2 Å². The van der Waals surface area contributed by atoms with Gasteiger partial charge in [-0.25, -0.2) is 0 Å². The Morgan fingerprint density at radius 2 is 1.55 bits per heavy atom. The average molecular weight is 525 g/mol. The van der Waals surface area contributed by atoms with Gasteiger partial charge in [-0.2, -0.15) is 0 Å². The summed E-state index contributed by atoms with van der Waals surface area (Å²) in [5, 5.41) is 0. The van der Waals surface area contributed by atoms with E-state index < -0.39 is 0 Å². The predicted molar refractivity (Wildman–Crippen MR) is 159 cm³/mol. The quantitative estimate of drug-likeness (QED) is 0.250. The van der Waals surface area contributed by atoms with Gasteiger partial charge in [0.1, 0.15) is 5.75 Å². The summed E-state index contributed by atoms with van der Waals surface area (Å²) in [5.41, 5.74) is 14.1. The number of fused-ring (bicyclic) bond motifs is 5. The summed E-state index contributed by atoms with van der Waals surface area (Å²) in [7, 11) is 0. The maximum Gasteiger partial charge on any atom is 0.189 e. The van der Waals surface area contributed by atoms with Crippen molar-refractivity contribution in [3.05, 3.63) is 18.2 Å². The number of hydrogen-bond donors (Lipinski definition) is 2. The number of hydrogen-bond acceptors (Lipinski definition) is 4. The SMILES string of the molecule is CC(C)CCCC(C)C1CCC2C3CCC4CC(OCOc5cc(N)cc(N)c5)CCC4(C)C3CCC12C. The third kappa shape index (κ3) is 5.45. The van der Waals surface area contributed by atoms with Crippen molar-refractivity contribution in [2.45, 2.75) is 118 Å². The molecule has 0 saturated heterocycles. The van der Waals surface area contributed by atoms with E-state index in [9.17, 15) is 0 Å². The molecular formula is C34H56N2O2. The Morgan fingerprint density at radius 1 is 0.842 bits per heavy atom. The number of anilines is 2. The van der Waals surface area contributed by atoms with E-state index in [-0.39, 0.29) is 6.79 Å². The van der Waals surface area contributed by atoms with Crippen LogP contribution in [0.5, 0.6) is 5.75 Å². The highest BCUT2D eigenvalue weighted by Gasteiger charge is 2.60. The van der Waals surface area contributed by atoms with Crippen LogP contribution in [0.3, 0.4) is 0 Å². The monoisotopic (exact) mass is 524 g/mol. The summed E-state index contributed by atoms with van der Waals surface area (Å²) in [6.45, 7) is 13.0. The molecular weight excluding hydrogens is 468 g/mol. The molecule has 0 spiro atoms. The van der Waals surface area contributed by atoms with Crippen molar-refractivity contribution in [2.24, 2.45) is 52.3 Å². The van der Waals surface area contributed by atoms with Crippen molar-refractivity contribution >= 4 is 11.4 Å². The zero-order valence-electron chi connectivity index (χ0n) is 25.0. The maximum atomic E-state index is 6.27. The summed E-state index contributed by atoms with van der Waals surface area (Å²) in [6.07, 6.45) is 17.0. The van der Waals surface area contributed by atoms with Crippen LogP contribution in [0.25, 0.3) is 0 Å². The van der Waals surface area contributed by atoms with E-state index in [0.717, 1.165) is 47.8 Å². The molecule has 0 bridgehead atoms. The molecule has 0 amide bonds. The highest BCUT2D eigenvalue weighted by atomic mass is 16.7. The van der Waals surface area contributed by atoms with Crippen molar-refractivity contribution in [1.82, 2.24) is 0 Å². The molecule has 4 N–H and O–H groups in total. The summed E-state index contributed by atoms with van der Waals surface area (Å²) in [6, 6.07) is 5.38. The molecule has 4 fully saturated rings. The Kier molecular flexibility index (Phi) is 8.30. The lowest BCUT2D eigenvalue weighted by molar-refractivity contribution is -0.146. The smallest absolute Gasteiger partial charge is 0.189 e. The van der Waals surface area contributed by atoms with Crippen molar-refractivity contribution in [1.29, 1.82) is 0 Å². The molecule has 1 aromatic rings. The van der Waals surface area contributed by atoms with Gasteiger partial charge in [-0.3, -0.25) is 0 Å². The first kappa shape index (κ1) is 28.1. The van der Waals surface area contributed by atoms with Gasteiger partial charge in [-0.05, 0) is 116 Å². The highest BCUT2D eigenvalue weighted by Crippen LogP contribution is 2.68. The van der Waals surface area contributed by atoms with Crippen molar-refractivity contribution < 1.29 is 9.47 Å². The Balaban J connectivity index is 1.17. The minimum atomic E-state index is 0.278. The van der Waals surface area contributed by atoms with E-state index in [1.54, 1.807) is 6.07 Å². The molecule has 4 saturated carbocycles. The highest BCUT2D eigenvalue weighted by molar-refractivity contribution is 5.56. The molecule has 0 radical (unpaired) electrons. The molecule has 5 rings (SSSR count). The molecule has 9 unspecified atom stereocenters. The predicted octanol–water partition coefficient (Wildman–Crippen LogP) is 8.69. The van der Waals surface area contributed by atoms with Gasteiger partial charge in [0.25, 0.3) is 0 Å². The van der Waals surface area contributed by atoms with Gasteiger partial charge < -0.3 is 20.9 Å². The standard InChI is InChI=1S/C34H56N2O2/c1-22(2)7-6-8-23(3)30-11-12-31-29-10-9-24-17-27(37-21-38-28-19-25(35)18-26(36)20-28)13-15-33(24,4)32(29)14-16-34(30,31)5/h18-20,22-24,27,29-32H,6-17,21,35-36H2,1-5H3. The Morgan fingerprint density at radius 3 is 2.29 bits per heavy atom. The van der Waals surface area contributed by atoms with Gasteiger partial charge in [0.15, 0.2) is 6.79 Å². The van der Waals surface area contributed by atoms with E-state index in [1.807, 2.05) is 12.1 Å². The van der Waals surface area contributed by atoms with Gasteiger partial charge in [-0.1, -0.05) is 53.9 Å². The Hall–Kier alpha value is -1.42. The fourth-order valence-electron chi connectivity index (χ4n) is 10.3. The second kappa shape index (κ2) is 11.2. The molecule has 4 heteroatoms. The van der Waals surface area contributed by atoms with Crippen LogP contribution >= 0.6 is 0 Å². The molecule has 4 nitrogen and oxygen atoms in total. The van der Waals surface area contributed by atoms with Gasteiger partial charge in [0.05, 0.1) is 6.10 Å². The largest absolute Gasteiger partial charge is 0.467 e. The van der Waals surface area contributed by atoms with E-state index in [1.165, 1.54) is 70.6 Å². The zero-order chi connectivity index (χ0) is 27.1. The number of benzene rings is 1. The zero-order valence-corrected chi connectivity index (χ0v) is 25.0. The molecule has 0 heterocycles. The van der Waals surface area contributed by atoms with Gasteiger partial charge in [0.2, 0.25) is 0 Å². The van der Waals surface area contributed by atoms with Crippen LogP contribution in [0.2, 0.25) is 0 Å². The normalized spacial score (nSPS) is 39.3. The molecule has 214 valence electrons. The first-order chi connectivity index (χ1) is 18.1. The molecule has 0 aliphatic heterocycles. The number of rotatable bonds is 9. The minimum absolute atomic E-state index is 0.278. The number of nitrogens with two attached hydrogens (primary N) is 2. The van der Waals surface area contributed by atoms with E-state index >= 15 is 0 Å². The summed E-state index contributed by atoms with van der Waals surface area (Å²) < 4.78 is 12.1. The van der Waals surface area contributed by atoms with Crippen LogP contribution in [0.4, 0.5) is 11.4 Å². The molecule has 4 aliphatic carbocycles. The molecule has 4 aliphatic rings. The van der Waals surface area contributed by atoms with Crippen LogP contribution in [-0.2, 0) is 4.74 Å². The van der Waals surface area contributed by atoms with Gasteiger partial charge in [0, 0.05) is 23.5 Å². The van der Waals surface area contributed by atoms with Crippen LogP contribution in [-0.4, -0.2) is 12.9 Å². The topological polar surface area (TPSA) is 70.5 Å². The van der Waals surface area contributed by atoms with E-state index in [2.05, 4.69) is 34.6 Å². The Bertz CT molecular complexity index is 928. The molecule has 9 atom stereocenters. The summed E-state index contributed by atoms with van der Waals surface area (Å²) in [4.78, 5) is 0. The summed E-state index contributed by atoms with van der Waals surface area (Å²) in [5.74, 6) is 7.01. The summed E-state index contributed by atoms with van der Waals surface area (Å²) >= 11 is 0. The number of ether oxygens (including phenoxy) is 2. The van der Waals surface area contributed by atoms with Crippen molar-refractivity contribution in [3.8, 4) is 5.75 Å². The van der Waals surface area contributed by atoms with Crippen LogP contribution in [0, 0.1) is 52.3 Å². The first-order valence-corrected chi connectivity index (χ1v) is 16.0. The first-order valence-electron chi connectivity index (χ1n) is 16.0. The molecule has 1 aromatic carbocycles. The van der Waals surface area contributed by atoms with Crippen LogP contribution < -0.4 is 16.2 Å². The van der Waals surface area contributed by atoms with Crippen LogP contribution in [0.1, 0.15) is 112 Å². The Labute approximate surface area is 233 Å². The molecule has 0 aromatic heterocycles. The van der Waals surface area contributed by atoms with Crippen molar-refractivity contribution in [2.75, 3.05) is 18.3 Å². The second-order valence-corrected chi connectivity index (χ2v) is 14.8. The molecule has 38 heavy (non-hydrogen) atoms. The van der Waals surface area contributed by atoms with E-state index in [0.29, 0.717) is 34.1 Å². The minimum Gasteiger partial charge on any atom is -0.467 e. The fraction of sp³-hybridized carbons (Fsp3) is 0.824. The van der Waals surface area contributed by atoms with Crippen molar-refractivity contribution in [3.63, 3.8) is 0 Å². The fourth-order valence-corrected chi connectivity index (χ4v) is 10.3. The number of nitrogen functional groups attached to an aromatic ring is 2.